The highest BCUT2D eigenvalue weighted by Gasteiger charge is 2.47. The van der Waals surface area contributed by atoms with Crippen LogP contribution < -0.4 is 15.5 Å². The number of nitrogens with zero attached hydrogens (tertiary/aromatic N) is 3. The molecule has 2 saturated heterocycles. The highest BCUT2D eigenvalue weighted by Crippen LogP contribution is 2.35. The first-order valence-electron chi connectivity index (χ1n) is 13.5. The zero-order valence-corrected chi connectivity index (χ0v) is 22.6. The van der Waals surface area contributed by atoms with E-state index in [1.165, 1.54) is 9.80 Å². The molecule has 1 aromatic rings. The van der Waals surface area contributed by atoms with Crippen LogP contribution >= 0.6 is 0 Å². The van der Waals surface area contributed by atoms with Crippen LogP contribution in [0.3, 0.4) is 0 Å². The quantitative estimate of drug-likeness (QED) is 0.472. The Hall–Kier alpha value is -3.26. The van der Waals surface area contributed by atoms with Gasteiger partial charge in [-0.25, -0.2) is 8.78 Å². The Labute approximate surface area is 227 Å². The zero-order valence-electron chi connectivity index (χ0n) is 22.6. The molecule has 0 spiro atoms. The van der Waals surface area contributed by atoms with Crippen LogP contribution in [0.5, 0.6) is 0 Å². The number of hydrogen-bond donors (Lipinski definition) is 3. The summed E-state index contributed by atoms with van der Waals surface area (Å²) in [4.78, 5) is 42.8. The lowest BCUT2D eigenvalue weighted by Crippen LogP contribution is -2.59. The summed E-state index contributed by atoms with van der Waals surface area (Å²) in [7, 11) is 0. The summed E-state index contributed by atoms with van der Waals surface area (Å²) in [5.74, 6) is -4.65. The monoisotopic (exact) mass is 545 g/mol. The van der Waals surface area contributed by atoms with Crippen LogP contribution in [-0.2, 0) is 19.8 Å². The minimum Gasteiger partial charge on any atom is -0.391 e. The number of alkyl halides is 2. The summed E-state index contributed by atoms with van der Waals surface area (Å²) < 4.78 is 27.5. The summed E-state index contributed by atoms with van der Waals surface area (Å²) in [5, 5.41) is 25.5. The third kappa shape index (κ3) is 6.49. The smallest absolute Gasteiger partial charge is 0.251 e. The lowest BCUT2D eigenvalue weighted by atomic mass is 9.86. The van der Waals surface area contributed by atoms with E-state index in [9.17, 15) is 33.5 Å². The number of β-amino-alcohol motifs (C(OH)–C–C–N with tert-alkyl or cyclic N) is 1. The molecule has 4 atom stereocenters. The normalized spacial score (nSPS) is 26.0. The Bertz CT molecular complexity index is 1120. The van der Waals surface area contributed by atoms with Crippen molar-refractivity contribution in [3.63, 3.8) is 0 Å². The molecular weight excluding hydrogens is 508 g/mol. The minimum absolute atomic E-state index is 0.000325. The number of anilines is 1. The number of carbonyl (C=O) groups excluding carboxylic acids is 3. The number of likely N-dealkylation sites (tertiary alicyclic amines) is 1. The van der Waals surface area contributed by atoms with Crippen LogP contribution in [-0.4, -0.2) is 71.0 Å². The molecular formula is C28H37F2N5O4. The number of benzene rings is 1. The predicted octanol–water partition coefficient (Wildman–Crippen LogP) is 2.43. The van der Waals surface area contributed by atoms with Crippen molar-refractivity contribution in [3.05, 3.63) is 29.8 Å². The van der Waals surface area contributed by atoms with Crippen molar-refractivity contribution in [2.45, 2.75) is 94.9 Å². The number of nitrogens with one attached hydrogen (secondary N) is 2. The van der Waals surface area contributed by atoms with Gasteiger partial charge in [0.1, 0.15) is 12.1 Å². The van der Waals surface area contributed by atoms with Crippen LogP contribution in [0.4, 0.5) is 14.5 Å². The highest BCUT2D eigenvalue weighted by atomic mass is 19.3. The molecule has 2 unspecified atom stereocenters. The standard InChI is InChI=1S/C28H37F2N5O4/c1-27(2,3)18-4-6-20(7-5-18)35(26(39)22-13-21(36)15-34(22)16-31)24(17-12-23(37)32-14-17)25(38)33-19-8-10-28(29,30)11-9-19/h4-7,17,19,21-22,24,36H,8-15H2,1-3H3,(H,32,37)(H,33,38)/t17?,21-,22-,24?/m1/s1. The lowest BCUT2D eigenvalue weighted by Gasteiger charge is -2.38. The molecule has 4 rings (SSSR count). The maximum atomic E-state index is 14.1. The second kappa shape index (κ2) is 11.1. The van der Waals surface area contributed by atoms with Gasteiger partial charge in [0.15, 0.2) is 6.19 Å². The van der Waals surface area contributed by atoms with E-state index in [4.69, 9.17) is 0 Å². The van der Waals surface area contributed by atoms with Crippen LogP contribution in [0.1, 0.15) is 64.9 Å². The number of nitriles is 1. The van der Waals surface area contributed by atoms with Gasteiger partial charge in [-0.15, -0.1) is 0 Å². The van der Waals surface area contributed by atoms with E-state index in [1.807, 2.05) is 18.3 Å². The van der Waals surface area contributed by atoms with Crippen molar-refractivity contribution in [1.82, 2.24) is 15.5 Å². The fourth-order valence-electron chi connectivity index (χ4n) is 5.73. The molecule has 3 fully saturated rings. The summed E-state index contributed by atoms with van der Waals surface area (Å²) in [5.41, 5.74) is 1.26. The first kappa shape index (κ1) is 28.7. The van der Waals surface area contributed by atoms with E-state index in [0.29, 0.717) is 5.69 Å². The molecule has 1 aliphatic carbocycles. The van der Waals surface area contributed by atoms with Gasteiger partial charge in [0.25, 0.3) is 5.91 Å². The van der Waals surface area contributed by atoms with Gasteiger partial charge in [0.05, 0.1) is 12.6 Å². The average molecular weight is 546 g/mol. The van der Waals surface area contributed by atoms with Gasteiger partial charge in [-0.2, -0.15) is 5.26 Å². The van der Waals surface area contributed by atoms with Crippen molar-refractivity contribution >= 4 is 23.4 Å². The number of carbonyl (C=O) groups is 3. The van der Waals surface area contributed by atoms with E-state index in [0.717, 1.165) is 5.56 Å². The third-order valence-corrected chi connectivity index (χ3v) is 8.01. The largest absolute Gasteiger partial charge is 0.391 e. The molecule has 0 radical (unpaired) electrons. The number of aliphatic hydroxyl groups is 1. The van der Waals surface area contributed by atoms with Gasteiger partial charge >= 0.3 is 0 Å². The fourth-order valence-corrected chi connectivity index (χ4v) is 5.73. The van der Waals surface area contributed by atoms with E-state index in [1.54, 1.807) is 12.1 Å². The van der Waals surface area contributed by atoms with Crippen molar-refractivity contribution < 1.29 is 28.3 Å². The summed E-state index contributed by atoms with van der Waals surface area (Å²) >= 11 is 0. The molecule has 2 heterocycles. The topological polar surface area (TPSA) is 126 Å². The van der Waals surface area contributed by atoms with Gasteiger partial charge in [-0.1, -0.05) is 32.9 Å². The van der Waals surface area contributed by atoms with E-state index < -0.39 is 47.9 Å². The second-order valence-electron chi connectivity index (χ2n) is 12.0. The third-order valence-electron chi connectivity index (χ3n) is 8.01. The maximum Gasteiger partial charge on any atom is 0.251 e. The molecule has 3 N–H and O–H groups in total. The van der Waals surface area contributed by atoms with Crippen LogP contribution in [0.2, 0.25) is 0 Å². The summed E-state index contributed by atoms with van der Waals surface area (Å²) in [6.07, 6.45) is 0.678. The second-order valence-corrected chi connectivity index (χ2v) is 12.0. The van der Waals surface area contributed by atoms with Crippen LogP contribution in [0.25, 0.3) is 0 Å². The van der Waals surface area contributed by atoms with Crippen molar-refractivity contribution in [2.75, 3.05) is 18.0 Å². The molecule has 0 bridgehead atoms. The Morgan fingerprint density at radius 2 is 1.87 bits per heavy atom. The van der Waals surface area contributed by atoms with Gasteiger partial charge in [-0.05, 0) is 36.0 Å². The Morgan fingerprint density at radius 3 is 2.41 bits per heavy atom. The van der Waals surface area contributed by atoms with Crippen LogP contribution in [0, 0.1) is 17.4 Å². The zero-order chi connectivity index (χ0) is 28.5. The Morgan fingerprint density at radius 1 is 1.23 bits per heavy atom. The lowest BCUT2D eigenvalue weighted by molar-refractivity contribution is -0.130. The van der Waals surface area contributed by atoms with Gasteiger partial charge in [0.2, 0.25) is 17.7 Å². The van der Waals surface area contributed by atoms with Gasteiger partial charge < -0.3 is 15.7 Å². The molecule has 212 valence electrons. The predicted molar refractivity (Wildman–Crippen MR) is 140 cm³/mol. The molecule has 2 aliphatic heterocycles. The van der Waals surface area contributed by atoms with Crippen molar-refractivity contribution in [2.24, 2.45) is 5.92 Å². The molecule has 3 aliphatic rings. The SMILES string of the molecule is CC(C)(C)c1ccc(N(C(=O)[C@H]2C[C@@H](O)CN2C#N)C(C(=O)NC2CCC(F)(F)CC2)C2CNC(=O)C2)cc1. The Kier molecular flexibility index (Phi) is 8.17. The molecule has 9 nitrogen and oxygen atoms in total. The average Bonchev–Trinajstić information content (AvgIpc) is 3.47. The van der Waals surface area contributed by atoms with E-state index >= 15 is 0 Å². The van der Waals surface area contributed by atoms with E-state index in [-0.39, 0.29) is 62.9 Å². The number of amides is 3. The molecule has 1 saturated carbocycles. The number of rotatable bonds is 6. The van der Waals surface area contributed by atoms with Gasteiger partial charge in [0, 0.05) is 49.9 Å². The van der Waals surface area contributed by atoms with E-state index in [2.05, 4.69) is 31.4 Å². The number of hydrogen-bond acceptors (Lipinski definition) is 6. The fraction of sp³-hybridized carbons (Fsp3) is 0.643. The highest BCUT2D eigenvalue weighted by molar-refractivity contribution is 6.04. The van der Waals surface area contributed by atoms with Crippen LogP contribution in [0.15, 0.2) is 24.3 Å². The molecule has 1 aromatic carbocycles. The Balaban J connectivity index is 1.72. The molecule has 11 heteroatoms. The first-order valence-corrected chi connectivity index (χ1v) is 13.5. The minimum atomic E-state index is -2.76. The van der Waals surface area contributed by atoms with Crippen molar-refractivity contribution in [1.29, 1.82) is 5.26 Å². The number of halogens is 2. The first-order chi connectivity index (χ1) is 18.3. The van der Waals surface area contributed by atoms with Gasteiger partial charge in [-0.3, -0.25) is 24.2 Å². The number of aliphatic hydroxyl groups excluding tert-OH is 1. The summed E-state index contributed by atoms with van der Waals surface area (Å²) in [6.45, 7) is 6.32. The molecule has 39 heavy (non-hydrogen) atoms. The summed E-state index contributed by atoms with van der Waals surface area (Å²) in [6, 6.07) is 4.64. The molecule has 3 amide bonds. The molecule has 0 aromatic heterocycles. The maximum absolute atomic E-state index is 14.1. The van der Waals surface area contributed by atoms with Crippen molar-refractivity contribution in [3.8, 4) is 6.19 Å².